The van der Waals surface area contributed by atoms with Crippen LogP contribution in [0.25, 0.3) is 5.69 Å². The highest BCUT2D eigenvalue weighted by atomic mass is 16.5. The lowest BCUT2D eigenvalue weighted by Crippen LogP contribution is -2.42. The molecule has 2 atom stereocenters. The Morgan fingerprint density at radius 2 is 2.19 bits per heavy atom. The summed E-state index contributed by atoms with van der Waals surface area (Å²) < 4.78 is 7.94. The molecule has 1 fully saturated rings. The van der Waals surface area contributed by atoms with E-state index < -0.39 is 0 Å². The number of ether oxygens (including phenoxy) is 1. The number of benzene rings is 1. The van der Waals surface area contributed by atoms with E-state index >= 15 is 0 Å². The van der Waals surface area contributed by atoms with Gasteiger partial charge in [-0.2, -0.15) is 0 Å². The maximum Gasteiger partial charge on any atom is 0.0865 e. The van der Waals surface area contributed by atoms with Gasteiger partial charge in [0.05, 0.1) is 29.2 Å². The van der Waals surface area contributed by atoms with Crippen molar-refractivity contribution in [1.29, 1.82) is 0 Å². The minimum Gasteiger partial charge on any atom is -0.373 e. The highest BCUT2D eigenvalue weighted by Crippen LogP contribution is 2.37. The predicted molar refractivity (Wildman–Crippen MR) is 81.4 cm³/mol. The van der Waals surface area contributed by atoms with Crippen molar-refractivity contribution in [3.63, 3.8) is 0 Å². The Hall–Kier alpha value is -1.72. The lowest BCUT2D eigenvalue weighted by Gasteiger charge is -2.33. The van der Waals surface area contributed by atoms with Crippen molar-refractivity contribution in [3.05, 3.63) is 42.2 Å². The van der Waals surface area contributed by atoms with Crippen LogP contribution in [0.1, 0.15) is 38.4 Å². The molecule has 1 aromatic heterocycles. The Bertz CT molecular complexity index is 575. The first kappa shape index (κ1) is 14.2. The molecule has 1 N–H and O–H groups in total. The normalized spacial score (nSPS) is 23.3. The van der Waals surface area contributed by atoms with Crippen LogP contribution in [-0.2, 0) is 4.74 Å². The number of aromatic nitrogens is 3. The van der Waals surface area contributed by atoms with Crippen LogP contribution >= 0.6 is 0 Å². The van der Waals surface area contributed by atoms with Crippen molar-refractivity contribution in [1.82, 2.24) is 20.3 Å². The van der Waals surface area contributed by atoms with Gasteiger partial charge in [-0.25, -0.2) is 4.68 Å². The molecule has 0 spiro atoms. The monoisotopic (exact) mass is 286 g/mol. The Morgan fingerprint density at radius 3 is 2.86 bits per heavy atom. The first-order valence-corrected chi connectivity index (χ1v) is 7.58. The Morgan fingerprint density at radius 1 is 1.38 bits per heavy atom. The molecular formula is C16H22N4O. The summed E-state index contributed by atoms with van der Waals surface area (Å²) >= 11 is 0. The number of rotatable bonds is 5. The fourth-order valence-corrected chi connectivity index (χ4v) is 3.08. The van der Waals surface area contributed by atoms with Gasteiger partial charge in [0.2, 0.25) is 0 Å². The van der Waals surface area contributed by atoms with Gasteiger partial charge in [-0.05, 0) is 38.4 Å². The Labute approximate surface area is 125 Å². The van der Waals surface area contributed by atoms with Crippen LogP contribution < -0.4 is 5.32 Å². The third-order valence-corrected chi connectivity index (χ3v) is 4.14. The second-order valence-corrected chi connectivity index (χ2v) is 5.66. The maximum absolute atomic E-state index is 6.04. The molecule has 112 valence electrons. The average molecular weight is 286 g/mol. The van der Waals surface area contributed by atoms with Crippen LogP contribution in [0.15, 0.2) is 36.5 Å². The quantitative estimate of drug-likeness (QED) is 0.917. The minimum absolute atomic E-state index is 0.0835. The average Bonchev–Trinajstić information content (AvgIpc) is 3.15. The maximum atomic E-state index is 6.04. The molecule has 5 nitrogen and oxygen atoms in total. The van der Waals surface area contributed by atoms with Crippen LogP contribution in [0.2, 0.25) is 0 Å². The van der Waals surface area contributed by atoms with Crippen LogP contribution in [0.5, 0.6) is 0 Å². The highest BCUT2D eigenvalue weighted by Gasteiger charge is 2.40. The molecule has 2 aromatic rings. The number of hydrogen-bond acceptors (Lipinski definition) is 4. The van der Waals surface area contributed by atoms with Crippen molar-refractivity contribution in [3.8, 4) is 5.69 Å². The zero-order chi connectivity index (χ0) is 14.7. The van der Waals surface area contributed by atoms with Crippen molar-refractivity contribution < 1.29 is 4.74 Å². The smallest absolute Gasteiger partial charge is 0.0865 e. The second kappa shape index (κ2) is 5.95. The first-order valence-electron chi connectivity index (χ1n) is 7.58. The molecular weight excluding hydrogens is 264 g/mol. The van der Waals surface area contributed by atoms with Gasteiger partial charge in [-0.1, -0.05) is 30.3 Å². The highest BCUT2D eigenvalue weighted by molar-refractivity contribution is 5.33. The SMILES string of the molecule is CCNC(c1cnnn1-c1ccccc1)C1(C)CCCO1. The van der Waals surface area contributed by atoms with Crippen molar-refractivity contribution in [2.24, 2.45) is 0 Å². The van der Waals surface area contributed by atoms with Crippen molar-refractivity contribution in [2.75, 3.05) is 13.2 Å². The Balaban J connectivity index is 1.99. The molecule has 1 saturated heterocycles. The largest absolute Gasteiger partial charge is 0.373 e. The molecule has 0 radical (unpaired) electrons. The van der Waals surface area contributed by atoms with E-state index in [9.17, 15) is 0 Å². The van der Waals surface area contributed by atoms with E-state index in [1.807, 2.05) is 41.2 Å². The van der Waals surface area contributed by atoms with Gasteiger partial charge < -0.3 is 10.1 Å². The summed E-state index contributed by atoms with van der Waals surface area (Å²) in [6.07, 6.45) is 3.99. The van der Waals surface area contributed by atoms with Gasteiger partial charge in [0, 0.05) is 6.61 Å². The lowest BCUT2D eigenvalue weighted by atomic mass is 9.90. The van der Waals surface area contributed by atoms with E-state index in [4.69, 9.17) is 4.74 Å². The van der Waals surface area contributed by atoms with E-state index in [0.717, 1.165) is 37.4 Å². The van der Waals surface area contributed by atoms with Gasteiger partial charge in [-0.15, -0.1) is 5.10 Å². The van der Waals surface area contributed by atoms with Gasteiger partial charge >= 0.3 is 0 Å². The molecule has 2 unspecified atom stereocenters. The van der Waals surface area contributed by atoms with Crippen molar-refractivity contribution >= 4 is 0 Å². The molecule has 2 heterocycles. The van der Waals surface area contributed by atoms with Gasteiger partial charge in [0.25, 0.3) is 0 Å². The predicted octanol–water partition coefficient (Wildman–Crippen LogP) is 2.49. The number of likely N-dealkylation sites (N-methyl/N-ethyl adjacent to an activating group) is 1. The summed E-state index contributed by atoms with van der Waals surface area (Å²) in [4.78, 5) is 0. The molecule has 21 heavy (non-hydrogen) atoms. The summed E-state index contributed by atoms with van der Waals surface area (Å²) in [5.41, 5.74) is 1.87. The van der Waals surface area contributed by atoms with Crippen molar-refractivity contribution in [2.45, 2.75) is 38.3 Å². The van der Waals surface area contributed by atoms with E-state index in [2.05, 4.69) is 29.5 Å². The number of nitrogens with zero attached hydrogens (tertiary/aromatic N) is 3. The number of nitrogens with one attached hydrogen (secondary N) is 1. The molecule has 1 aliphatic heterocycles. The van der Waals surface area contributed by atoms with E-state index in [-0.39, 0.29) is 11.6 Å². The van der Waals surface area contributed by atoms with E-state index in [1.165, 1.54) is 0 Å². The van der Waals surface area contributed by atoms with Gasteiger partial charge in [0.1, 0.15) is 0 Å². The fraction of sp³-hybridized carbons (Fsp3) is 0.500. The van der Waals surface area contributed by atoms with Gasteiger partial charge in [0.15, 0.2) is 0 Å². The third-order valence-electron chi connectivity index (χ3n) is 4.14. The zero-order valence-electron chi connectivity index (χ0n) is 12.6. The summed E-state index contributed by atoms with van der Waals surface area (Å²) in [6, 6.07) is 10.2. The number of para-hydroxylation sites is 1. The summed E-state index contributed by atoms with van der Waals surface area (Å²) in [5, 5.41) is 11.9. The molecule has 5 heteroatoms. The molecule has 0 saturated carbocycles. The molecule has 1 aliphatic rings. The minimum atomic E-state index is -0.204. The summed E-state index contributed by atoms with van der Waals surface area (Å²) in [5.74, 6) is 0. The van der Waals surface area contributed by atoms with Crippen LogP contribution in [0.3, 0.4) is 0 Å². The second-order valence-electron chi connectivity index (χ2n) is 5.66. The van der Waals surface area contributed by atoms with Gasteiger partial charge in [-0.3, -0.25) is 0 Å². The number of hydrogen-bond donors (Lipinski definition) is 1. The standard InChI is InChI=1S/C16H22N4O/c1-3-17-15(16(2)10-7-11-21-16)14-12-18-19-20(14)13-8-5-4-6-9-13/h4-6,8-9,12,15,17H,3,7,10-11H2,1-2H3. The van der Waals surface area contributed by atoms with Crippen LogP contribution in [-0.4, -0.2) is 33.7 Å². The topological polar surface area (TPSA) is 52.0 Å². The van der Waals surface area contributed by atoms with E-state index in [0.29, 0.717) is 0 Å². The molecule has 0 bridgehead atoms. The summed E-state index contributed by atoms with van der Waals surface area (Å²) in [6.45, 7) is 5.99. The fourth-order valence-electron chi connectivity index (χ4n) is 3.08. The molecule has 3 rings (SSSR count). The molecule has 1 aromatic carbocycles. The van der Waals surface area contributed by atoms with Crippen LogP contribution in [0, 0.1) is 0 Å². The molecule has 0 aliphatic carbocycles. The van der Waals surface area contributed by atoms with E-state index in [1.54, 1.807) is 0 Å². The lowest BCUT2D eigenvalue weighted by molar-refractivity contribution is -0.0138. The Kier molecular flexibility index (Phi) is 4.03. The zero-order valence-corrected chi connectivity index (χ0v) is 12.6. The summed E-state index contributed by atoms with van der Waals surface area (Å²) in [7, 11) is 0. The first-order chi connectivity index (χ1) is 10.2. The third kappa shape index (κ3) is 2.71. The molecule has 0 amide bonds. The van der Waals surface area contributed by atoms with Crippen LogP contribution in [0.4, 0.5) is 0 Å².